The monoisotopic (exact) mass is 294 g/mol. The van der Waals surface area contributed by atoms with E-state index in [0.717, 1.165) is 10.5 Å². The fraction of sp³-hybridized carbons (Fsp3) is 0.467. The predicted molar refractivity (Wildman–Crippen MR) is 82.9 cm³/mol. The Balaban J connectivity index is 2.20. The minimum absolute atomic E-state index is 0.0292. The lowest BCUT2D eigenvalue weighted by molar-refractivity contribution is -0.122. The van der Waals surface area contributed by atoms with Crippen LogP contribution in [0.15, 0.2) is 29.2 Å². The molecule has 0 saturated heterocycles. The normalized spacial score (nSPS) is 10.4. The molecule has 1 rings (SSSR count). The van der Waals surface area contributed by atoms with E-state index in [1.54, 1.807) is 0 Å². The lowest BCUT2D eigenvalue weighted by Gasteiger charge is -2.08. The zero-order valence-electron chi connectivity index (χ0n) is 12.0. The van der Waals surface area contributed by atoms with Crippen molar-refractivity contribution in [1.82, 2.24) is 10.6 Å². The predicted octanol–water partition coefficient (Wildman–Crippen LogP) is 1.80. The first-order valence-electron chi connectivity index (χ1n) is 6.78. The van der Waals surface area contributed by atoms with Gasteiger partial charge in [-0.25, -0.2) is 0 Å². The van der Waals surface area contributed by atoms with Crippen molar-refractivity contribution in [1.29, 1.82) is 0 Å². The van der Waals surface area contributed by atoms with Crippen molar-refractivity contribution in [2.24, 2.45) is 5.92 Å². The highest BCUT2D eigenvalue weighted by molar-refractivity contribution is 7.80. The van der Waals surface area contributed by atoms with Crippen LogP contribution in [0.1, 0.15) is 25.8 Å². The fourth-order valence-corrected chi connectivity index (χ4v) is 1.73. The number of thiol groups is 1. The SMILES string of the molecule is CC(C)CNC(=O)CCNC(=O)Cc1ccc(S)cc1. The first kappa shape index (κ1) is 16.6. The van der Waals surface area contributed by atoms with Gasteiger partial charge in [0, 0.05) is 24.4 Å². The van der Waals surface area contributed by atoms with E-state index in [0.29, 0.717) is 31.8 Å². The molecule has 1 aromatic rings. The van der Waals surface area contributed by atoms with E-state index in [-0.39, 0.29) is 11.8 Å². The van der Waals surface area contributed by atoms with Crippen LogP contribution in [0.25, 0.3) is 0 Å². The minimum Gasteiger partial charge on any atom is -0.356 e. The average Bonchev–Trinajstić information content (AvgIpc) is 2.39. The number of rotatable bonds is 7. The third-order valence-corrected chi connectivity index (χ3v) is 2.98. The van der Waals surface area contributed by atoms with E-state index in [4.69, 9.17) is 0 Å². The summed E-state index contributed by atoms with van der Waals surface area (Å²) in [5, 5.41) is 5.56. The van der Waals surface area contributed by atoms with Crippen molar-refractivity contribution < 1.29 is 9.59 Å². The van der Waals surface area contributed by atoms with Gasteiger partial charge in [0.15, 0.2) is 0 Å². The molecule has 4 nitrogen and oxygen atoms in total. The molecule has 0 aliphatic carbocycles. The Morgan fingerprint density at radius 2 is 1.75 bits per heavy atom. The number of carbonyl (C=O) groups excluding carboxylic acids is 2. The molecule has 0 atom stereocenters. The van der Waals surface area contributed by atoms with Gasteiger partial charge in [-0.15, -0.1) is 12.6 Å². The number of hydrogen-bond acceptors (Lipinski definition) is 3. The van der Waals surface area contributed by atoms with Gasteiger partial charge in [0.05, 0.1) is 6.42 Å². The quantitative estimate of drug-likeness (QED) is 0.672. The maximum atomic E-state index is 11.7. The summed E-state index contributed by atoms with van der Waals surface area (Å²) in [6.07, 6.45) is 0.635. The van der Waals surface area contributed by atoms with Crippen LogP contribution < -0.4 is 10.6 Å². The van der Waals surface area contributed by atoms with Crippen molar-refractivity contribution in [3.05, 3.63) is 29.8 Å². The van der Waals surface area contributed by atoms with Crippen LogP contribution in [0, 0.1) is 5.92 Å². The third kappa shape index (κ3) is 7.19. The summed E-state index contributed by atoms with van der Waals surface area (Å²) < 4.78 is 0. The van der Waals surface area contributed by atoms with Gasteiger partial charge >= 0.3 is 0 Å². The molecule has 1 aromatic carbocycles. The number of nitrogens with one attached hydrogen (secondary N) is 2. The highest BCUT2D eigenvalue weighted by Gasteiger charge is 2.05. The topological polar surface area (TPSA) is 58.2 Å². The zero-order chi connectivity index (χ0) is 15.0. The number of amides is 2. The molecule has 0 aromatic heterocycles. The van der Waals surface area contributed by atoms with Gasteiger partial charge in [0.2, 0.25) is 11.8 Å². The third-order valence-electron chi connectivity index (χ3n) is 2.68. The Hall–Kier alpha value is -1.49. The van der Waals surface area contributed by atoms with Crippen molar-refractivity contribution in [2.75, 3.05) is 13.1 Å². The minimum atomic E-state index is -0.0754. The van der Waals surface area contributed by atoms with Crippen LogP contribution in [-0.4, -0.2) is 24.9 Å². The fourth-order valence-electron chi connectivity index (χ4n) is 1.58. The molecule has 110 valence electrons. The zero-order valence-corrected chi connectivity index (χ0v) is 12.9. The van der Waals surface area contributed by atoms with E-state index >= 15 is 0 Å². The second-order valence-corrected chi connectivity index (χ2v) is 5.66. The summed E-state index contributed by atoms with van der Waals surface area (Å²) in [5.41, 5.74) is 0.935. The van der Waals surface area contributed by atoms with Gasteiger partial charge in [-0.2, -0.15) is 0 Å². The van der Waals surface area contributed by atoms with Gasteiger partial charge in [0.1, 0.15) is 0 Å². The Bertz CT molecular complexity index is 444. The van der Waals surface area contributed by atoms with Crippen molar-refractivity contribution in [3.8, 4) is 0 Å². The Kier molecular flexibility index (Phi) is 7.15. The molecule has 0 saturated carbocycles. The van der Waals surface area contributed by atoms with Gasteiger partial charge in [-0.1, -0.05) is 26.0 Å². The van der Waals surface area contributed by atoms with Crippen LogP contribution >= 0.6 is 12.6 Å². The molecule has 0 heterocycles. The average molecular weight is 294 g/mol. The number of carbonyl (C=O) groups is 2. The van der Waals surface area contributed by atoms with E-state index in [1.807, 2.05) is 38.1 Å². The standard InChI is InChI=1S/C15H22N2O2S/c1-11(2)10-17-14(18)7-8-16-15(19)9-12-3-5-13(20)6-4-12/h3-6,11,20H,7-10H2,1-2H3,(H,16,19)(H,17,18). The molecule has 2 N–H and O–H groups in total. The van der Waals surface area contributed by atoms with Gasteiger partial charge in [-0.05, 0) is 23.6 Å². The maximum absolute atomic E-state index is 11.7. The smallest absolute Gasteiger partial charge is 0.224 e. The van der Waals surface area contributed by atoms with E-state index in [9.17, 15) is 9.59 Å². The first-order valence-corrected chi connectivity index (χ1v) is 7.23. The van der Waals surface area contributed by atoms with Gasteiger partial charge in [0.25, 0.3) is 0 Å². The summed E-state index contributed by atoms with van der Waals surface area (Å²) in [6.45, 7) is 5.12. The largest absolute Gasteiger partial charge is 0.356 e. The molecule has 0 aliphatic heterocycles. The summed E-state index contributed by atoms with van der Waals surface area (Å²) in [5.74, 6) is 0.329. The molecule has 0 aliphatic rings. The summed E-state index contributed by atoms with van der Waals surface area (Å²) in [7, 11) is 0. The summed E-state index contributed by atoms with van der Waals surface area (Å²) in [6, 6.07) is 7.45. The van der Waals surface area contributed by atoms with Crippen molar-refractivity contribution >= 4 is 24.4 Å². The van der Waals surface area contributed by atoms with Crippen LogP contribution in [0.2, 0.25) is 0 Å². The number of benzene rings is 1. The van der Waals surface area contributed by atoms with Gasteiger partial charge in [-0.3, -0.25) is 9.59 Å². The van der Waals surface area contributed by atoms with Crippen LogP contribution in [0.3, 0.4) is 0 Å². The summed E-state index contributed by atoms with van der Waals surface area (Å²) in [4.78, 5) is 24.0. The molecule has 20 heavy (non-hydrogen) atoms. The Labute approximate surface area is 125 Å². The number of hydrogen-bond donors (Lipinski definition) is 3. The molecule has 0 spiro atoms. The second-order valence-electron chi connectivity index (χ2n) is 5.14. The van der Waals surface area contributed by atoms with E-state index < -0.39 is 0 Å². The summed E-state index contributed by atoms with van der Waals surface area (Å²) >= 11 is 4.19. The second kappa shape index (κ2) is 8.64. The van der Waals surface area contributed by atoms with E-state index in [1.165, 1.54) is 0 Å². The van der Waals surface area contributed by atoms with E-state index in [2.05, 4.69) is 23.3 Å². The molecule has 0 unspecified atom stereocenters. The Morgan fingerprint density at radius 1 is 1.10 bits per heavy atom. The lowest BCUT2D eigenvalue weighted by Crippen LogP contribution is -2.32. The molecule has 0 radical (unpaired) electrons. The molecular formula is C15H22N2O2S. The first-order chi connectivity index (χ1) is 9.47. The van der Waals surface area contributed by atoms with Crippen molar-refractivity contribution in [3.63, 3.8) is 0 Å². The highest BCUT2D eigenvalue weighted by Crippen LogP contribution is 2.08. The maximum Gasteiger partial charge on any atom is 0.224 e. The Morgan fingerprint density at radius 3 is 2.35 bits per heavy atom. The molecule has 2 amide bonds. The van der Waals surface area contributed by atoms with Crippen LogP contribution in [0.4, 0.5) is 0 Å². The molecule has 5 heteroatoms. The van der Waals surface area contributed by atoms with Crippen LogP contribution in [-0.2, 0) is 16.0 Å². The molecule has 0 fully saturated rings. The van der Waals surface area contributed by atoms with Gasteiger partial charge < -0.3 is 10.6 Å². The van der Waals surface area contributed by atoms with Crippen molar-refractivity contribution in [2.45, 2.75) is 31.6 Å². The molecular weight excluding hydrogens is 272 g/mol. The molecule has 0 bridgehead atoms. The highest BCUT2D eigenvalue weighted by atomic mass is 32.1. The van der Waals surface area contributed by atoms with Crippen LogP contribution in [0.5, 0.6) is 0 Å². The lowest BCUT2D eigenvalue weighted by atomic mass is 10.1.